The third-order valence-electron chi connectivity index (χ3n) is 3.56. The summed E-state index contributed by atoms with van der Waals surface area (Å²) in [4.78, 5) is 12.5. The molecule has 0 saturated carbocycles. The Kier molecular flexibility index (Phi) is 3.32. The normalized spacial score (nSPS) is 13.9. The summed E-state index contributed by atoms with van der Waals surface area (Å²) in [6.07, 6.45) is 0.736. The maximum Gasteiger partial charge on any atom is 0.196 e. The number of halogens is 2. The lowest BCUT2D eigenvalue weighted by molar-refractivity contribution is 0.103. The molecule has 0 spiro atoms. The minimum absolute atomic E-state index is 0.0849. The number of ketones is 1. The van der Waals surface area contributed by atoms with Crippen molar-refractivity contribution in [2.45, 2.75) is 13.0 Å². The van der Waals surface area contributed by atoms with Gasteiger partial charge in [-0.15, -0.1) is 0 Å². The Bertz CT molecular complexity index is 682. The number of hydrogen-bond donors (Lipinski definition) is 1. The van der Waals surface area contributed by atoms with E-state index in [1.54, 1.807) is 12.1 Å². The monoisotopic (exact) mass is 273 g/mol. The molecule has 1 aliphatic heterocycles. The van der Waals surface area contributed by atoms with Crippen LogP contribution in [-0.4, -0.2) is 12.3 Å². The molecule has 0 bridgehead atoms. The molecule has 102 valence electrons. The second-order valence-electron chi connectivity index (χ2n) is 4.82. The first-order chi connectivity index (χ1) is 9.66. The lowest BCUT2D eigenvalue weighted by atomic mass is 9.91. The molecule has 0 aromatic heterocycles. The summed E-state index contributed by atoms with van der Waals surface area (Å²) in [7, 11) is 0. The molecule has 20 heavy (non-hydrogen) atoms. The summed E-state index contributed by atoms with van der Waals surface area (Å²) in [6, 6.07) is 8.50. The molecule has 0 aliphatic carbocycles. The van der Waals surface area contributed by atoms with E-state index in [1.807, 2.05) is 6.07 Å². The van der Waals surface area contributed by atoms with Crippen LogP contribution in [0.3, 0.4) is 0 Å². The zero-order valence-electron chi connectivity index (χ0n) is 10.7. The molecule has 0 saturated heterocycles. The summed E-state index contributed by atoms with van der Waals surface area (Å²) in [5, 5.41) is 3.23. The van der Waals surface area contributed by atoms with E-state index >= 15 is 0 Å². The van der Waals surface area contributed by atoms with Crippen LogP contribution >= 0.6 is 0 Å². The summed E-state index contributed by atoms with van der Waals surface area (Å²) in [5.74, 6) is -1.89. The van der Waals surface area contributed by atoms with Gasteiger partial charge in [0.1, 0.15) is 11.6 Å². The van der Waals surface area contributed by atoms with Crippen LogP contribution in [0.2, 0.25) is 0 Å². The SMILES string of the molecule is O=C(c1ccc(F)cc1F)c1cccc2c1CCNC2. The van der Waals surface area contributed by atoms with Crippen LogP contribution < -0.4 is 5.32 Å². The van der Waals surface area contributed by atoms with Gasteiger partial charge in [0.25, 0.3) is 0 Å². The third kappa shape index (κ3) is 2.23. The Balaban J connectivity index is 2.07. The van der Waals surface area contributed by atoms with Crippen LogP contribution in [0.4, 0.5) is 8.78 Å². The Morgan fingerprint density at radius 2 is 1.95 bits per heavy atom. The van der Waals surface area contributed by atoms with E-state index in [0.717, 1.165) is 36.2 Å². The molecular formula is C16H13F2NO. The van der Waals surface area contributed by atoms with Crippen molar-refractivity contribution in [1.82, 2.24) is 5.32 Å². The van der Waals surface area contributed by atoms with E-state index in [9.17, 15) is 13.6 Å². The molecule has 1 aliphatic rings. The van der Waals surface area contributed by atoms with Gasteiger partial charge in [-0.3, -0.25) is 4.79 Å². The molecular weight excluding hydrogens is 260 g/mol. The van der Waals surface area contributed by atoms with Crippen LogP contribution in [0.25, 0.3) is 0 Å². The number of carbonyl (C=O) groups excluding carboxylic acids is 1. The fourth-order valence-electron chi connectivity index (χ4n) is 2.56. The smallest absolute Gasteiger partial charge is 0.196 e. The average molecular weight is 273 g/mol. The summed E-state index contributed by atoms with van der Waals surface area (Å²) in [6.45, 7) is 1.51. The van der Waals surface area contributed by atoms with Gasteiger partial charge in [-0.1, -0.05) is 18.2 Å². The van der Waals surface area contributed by atoms with Crippen molar-refractivity contribution in [3.63, 3.8) is 0 Å². The van der Waals surface area contributed by atoms with E-state index in [2.05, 4.69) is 5.32 Å². The fraction of sp³-hybridized carbons (Fsp3) is 0.188. The summed E-state index contributed by atoms with van der Waals surface area (Å²) >= 11 is 0. The first-order valence-corrected chi connectivity index (χ1v) is 6.48. The van der Waals surface area contributed by atoms with Crippen LogP contribution in [0.15, 0.2) is 36.4 Å². The lowest BCUT2D eigenvalue weighted by Crippen LogP contribution is -2.25. The largest absolute Gasteiger partial charge is 0.312 e. The van der Waals surface area contributed by atoms with Gasteiger partial charge in [0.15, 0.2) is 5.78 Å². The van der Waals surface area contributed by atoms with E-state index < -0.39 is 11.6 Å². The standard InChI is InChI=1S/C16H13F2NO/c17-11-4-5-14(15(18)8-11)16(20)13-3-1-2-10-9-19-7-6-12(10)13/h1-5,8,19H,6-7,9H2. The Morgan fingerprint density at radius 1 is 1.10 bits per heavy atom. The van der Waals surface area contributed by atoms with Crippen molar-refractivity contribution in [3.05, 3.63) is 70.3 Å². The summed E-state index contributed by atoms with van der Waals surface area (Å²) < 4.78 is 26.7. The number of nitrogens with one attached hydrogen (secondary N) is 1. The topological polar surface area (TPSA) is 29.1 Å². The predicted octanol–water partition coefficient (Wildman–Crippen LogP) is 2.84. The van der Waals surface area contributed by atoms with Gasteiger partial charge in [0.05, 0.1) is 5.56 Å². The number of carbonyl (C=O) groups is 1. The Labute approximate surface area is 115 Å². The van der Waals surface area contributed by atoms with Gasteiger partial charge >= 0.3 is 0 Å². The molecule has 1 heterocycles. The van der Waals surface area contributed by atoms with Crippen LogP contribution in [0.5, 0.6) is 0 Å². The van der Waals surface area contributed by atoms with Gasteiger partial charge in [-0.05, 0) is 36.2 Å². The van der Waals surface area contributed by atoms with E-state index in [0.29, 0.717) is 12.1 Å². The maximum absolute atomic E-state index is 13.7. The molecule has 0 fully saturated rings. The van der Waals surface area contributed by atoms with E-state index in [4.69, 9.17) is 0 Å². The van der Waals surface area contributed by atoms with Crippen molar-refractivity contribution in [2.75, 3.05) is 6.54 Å². The maximum atomic E-state index is 13.7. The molecule has 2 aromatic carbocycles. The first-order valence-electron chi connectivity index (χ1n) is 6.48. The molecule has 0 unspecified atom stereocenters. The molecule has 2 nitrogen and oxygen atoms in total. The highest BCUT2D eigenvalue weighted by Gasteiger charge is 2.20. The van der Waals surface area contributed by atoms with Crippen molar-refractivity contribution in [2.24, 2.45) is 0 Å². The molecule has 4 heteroatoms. The first kappa shape index (κ1) is 12.9. The number of rotatable bonds is 2. The highest BCUT2D eigenvalue weighted by atomic mass is 19.1. The fourth-order valence-corrected chi connectivity index (χ4v) is 2.56. The minimum Gasteiger partial charge on any atom is -0.312 e. The van der Waals surface area contributed by atoms with Crippen LogP contribution in [0, 0.1) is 11.6 Å². The van der Waals surface area contributed by atoms with Crippen LogP contribution in [-0.2, 0) is 13.0 Å². The van der Waals surface area contributed by atoms with Gasteiger partial charge in [-0.2, -0.15) is 0 Å². The van der Waals surface area contributed by atoms with Crippen LogP contribution in [0.1, 0.15) is 27.0 Å². The molecule has 1 N–H and O–H groups in total. The van der Waals surface area contributed by atoms with E-state index in [-0.39, 0.29) is 11.3 Å². The highest BCUT2D eigenvalue weighted by Crippen LogP contribution is 2.23. The van der Waals surface area contributed by atoms with Crippen molar-refractivity contribution >= 4 is 5.78 Å². The minimum atomic E-state index is -0.818. The average Bonchev–Trinajstić information content (AvgIpc) is 2.46. The number of fused-ring (bicyclic) bond motifs is 1. The van der Waals surface area contributed by atoms with Gasteiger partial charge in [-0.25, -0.2) is 8.78 Å². The van der Waals surface area contributed by atoms with Crippen molar-refractivity contribution in [3.8, 4) is 0 Å². The molecule has 0 amide bonds. The second-order valence-corrected chi connectivity index (χ2v) is 4.82. The van der Waals surface area contributed by atoms with Gasteiger partial charge < -0.3 is 5.32 Å². The van der Waals surface area contributed by atoms with Crippen molar-refractivity contribution < 1.29 is 13.6 Å². The van der Waals surface area contributed by atoms with Gasteiger partial charge in [0.2, 0.25) is 0 Å². The lowest BCUT2D eigenvalue weighted by Gasteiger charge is -2.19. The molecule has 0 radical (unpaired) electrons. The highest BCUT2D eigenvalue weighted by molar-refractivity contribution is 6.10. The van der Waals surface area contributed by atoms with Gasteiger partial charge in [0, 0.05) is 18.2 Å². The Hall–Kier alpha value is -2.07. The number of hydrogen-bond acceptors (Lipinski definition) is 2. The zero-order valence-corrected chi connectivity index (χ0v) is 10.7. The third-order valence-corrected chi connectivity index (χ3v) is 3.56. The van der Waals surface area contributed by atoms with E-state index in [1.165, 1.54) is 6.07 Å². The summed E-state index contributed by atoms with van der Waals surface area (Å²) in [5.41, 5.74) is 2.44. The number of benzene rings is 2. The van der Waals surface area contributed by atoms with Crippen molar-refractivity contribution in [1.29, 1.82) is 0 Å². The molecule has 2 aromatic rings. The predicted molar refractivity (Wildman–Crippen MR) is 71.6 cm³/mol. The molecule has 0 atom stereocenters. The quantitative estimate of drug-likeness (QED) is 0.852. The second kappa shape index (κ2) is 5.13. The Morgan fingerprint density at radius 3 is 2.75 bits per heavy atom. The molecule has 3 rings (SSSR count). The zero-order chi connectivity index (χ0) is 14.1.